The molecule has 0 N–H and O–H groups in total. The van der Waals surface area contributed by atoms with Gasteiger partial charge in [0.1, 0.15) is 0 Å². The highest BCUT2D eigenvalue weighted by Gasteiger charge is 2.56. The summed E-state index contributed by atoms with van der Waals surface area (Å²) >= 11 is 7.57. The van der Waals surface area contributed by atoms with Crippen molar-refractivity contribution >= 4 is 81.2 Å². The summed E-state index contributed by atoms with van der Waals surface area (Å²) in [6, 6.07) is 204. The van der Waals surface area contributed by atoms with Gasteiger partial charge in [-0.05, 0) is 352 Å². The van der Waals surface area contributed by atoms with Gasteiger partial charge in [-0.25, -0.2) is 0 Å². The van der Waals surface area contributed by atoms with E-state index in [1.165, 1.54) is 201 Å². The molecule has 0 aromatic heterocycles. The van der Waals surface area contributed by atoms with Gasteiger partial charge in [0.25, 0.3) is 0 Å². The first kappa shape index (κ1) is 85.5. The van der Waals surface area contributed by atoms with Crippen LogP contribution in [0, 0.1) is 0 Å². The molecule has 0 saturated heterocycles. The van der Waals surface area contributed by atoms with Gasteiger partial charge in [-0.1, -0.05) is 429 Å². The van der Waals surface area contributed by atoms with Crippen molar-refractivity contribution < 1.29 is 0 Å². The van der Waals surface area contributed by atoms with Crippen LogP contribution < -0.4 is 9.80 Å². The van der Waals surface area contributed by atoms with E-state index in [9.17, 15) is 0 Å². The van der Waals surface area contributed by atoms with Crippen molar-refractivity contribution in [1.82, 2.24) is 0 Å². The maximum Gasteiger partial charge on any atom is 0.0736 e. The Kier molecular flexibility index (Phi) is 19.2. The Balaban J connectivity index is 0.524. The van der Waals surface area contributed by atoms with Crippen molar-refractivity contribution in [2.75, 3.05) is 9.80 Å². The molecule has 690 valence electrons. The van der Waals surface area contributed by atoms with Crippen molar-refractivity contribution in [3.8, 4) is 111 Å². The van der Waals surface area contributed by atoms with E-state index < -0.39 is 21.7 Å². The predicted molar refractivity (Wildman–Crippen MR) is 614 cm³/mol. The van der Waals surface area contributed by atoms with Crippen LogP contribution in [-0.2, 0) is 21.7 Å². The maximum absolute atomic E-state index is 2.57. The van der Waals surface area contributed by atoms with Crippen LogP contribution in [0.5, 0.6) is 0 Å². The molecule has 0 saturated carbocycles. The van der Waals surface area contributed by atoms with Gasteiger partial charge in [-0.3, -0.25) is 0 Å². The number of benzene rings is 23. The molecule has 4 aliphatic heterocycles. The first-order chi connectivity index (χ1) is 73.3. The lowest BCUT2D eigenvalue weighted by Crippen LogP contribution is -2.32. The smallest absolute Gasteiger partial charge is 0.0736 e. The number of hydrogen-bond acceptors (Lipinski definition) is 6. The fourth-order valence-corrected chi connectivity index (χ4v) is 31.6. The second-order valence-corrected chi connectivity index (χ2v) is 44.5. The summed E-state index contributed by atoms with van der Waals surface area (Å²) in [6.07, 6.45) is 0. The normalized spacial score (nSPS) is 15.0. The van der Waals surface area contributed by atoms with E-state index in [-0.39, 0.29) is 0 Å². The molecule has 23 aromatic carbocycles. The molecule has 23 aromatic rings. The summed E-state index contributed by atoms with van der Waals surface area (Å²) in [5.41, 5.74) is 48.9. The third kappa shape index (κ3) is 12.4. The monoisotopic (exact) mass is 1950 g/mol. The fraction of sp³-hybridized carbons (Fsp3) is 0.0282. The molecule has 31 rings (SSSR count). The number of nitrogens with zero attached hydrogens (tertiary/aromatic N) is 2. The lowest BCUT2D eigenvalue weighted by Gasteiger charge is -2.40. The first-order valence-corrected chi connectivity index (χ1v) is 54.4. The summed E-state index contributed by atoms with van der Waals surface area (Å²) in [7, 11) is 0. The zero-order valence-electron chi connectivity index (χ0n) is 80.3. The Hall–Kier alpha value is -16.9. The number of anilines is 6. The summed E-state index contributed by atoms with van der Waals surface area (Å²) in [5, 5.41) is 0. The zero-order chi connectivity index (χ0) is 97.1. The van der Waals surface area contributed by atoms with E-state index in [0.29, 0.717) is 0 Å². The molecule has 6 heteroatoms. The van der Waals surface area contributed by atoms with Crippen LogP contribution in [0.4, 0.5) is 34.1 Å². The molecular weight excluding hydrogens is 1860 g/mol. The first-order valence-electron chi connectivity index (χ1n) is 51.1. The second-order valence-electron chi connectivity index (χ2n) is 40.2. The van der Waals surface area contributed by atoms with Crippen molar-refractivity contribution in [2.24, 2.45) is 0 Å². The van der Waals surface area contributed by atoms with Crippen molar-refractivity contribution in [1.29, 1.82) is 0 Å². The molecule has 0 radical (unpaired) electrons. The van der Waals surface area contributed by atoms with Gasteiger partial charge in [0.15, 0.2) is 0 Å². The summed E-state index contributed by atoms with van der Waals surface area (Å²) in [6.45, 7) is 0. The number of rotatable bonds is 12. The largest absolute Gasteiger partial charge is 0.310 e. The Morgan fingerprint density at radius 2 is 0.297 bits per heavy atom. The molecular formula is C142H88N2S4. The van der Waals surface area contributed by atoms with Crippen LogP contribution in [0.1, 0.15) is 89.0 Å². The SMILES string of the molecule is c1ccc(-c2cc(-c3ccccc3)cc(-c3ccc(N(c4ccc5c(c4)C4(c6ccccc6Sc6ccccc64)c4ccccc4-5)c4ccc5c(c4)C4(c6ccccc6Sc6cc(-c7cccc(-c8cccc(-c9ccc(N(c%10ccc%11c(c%10)C%10(c%12ccccc%12Sc%12ccccc%12%10)c%10ccccc%10-%11)c%10ccc%11c(c%10)C%10(c%12ccccc%12Sc%12ccccc%12%10)c%10ccccc%10-%11)cc9)c8)c7)ccc64)c4ccccc4-5)cc3)c2)cc1. The Bertz CT molecular complexity index is 9140. The summed E-state index contributed by atoms with van der Waals surface area (Å²) in [4.78, 5) is 15.3. The third-order valence-corrected chi connectivity index (χ3v) is 37.5. The van der Waals surface area contributed by atoms with Gasteiger partial charge in [0.05, 0.1) is 21.7 Å². The van der Waals surface area contributed by atoms with Crippen LogP contribution in [0.3, 0.4) is 0 Å². The highest BCUT2D eigenvalue weighted by molar-refractivity contribution is 8.00. The van der Waals surface area contributed by atoms with Gasteiger partial charge >= 0.3 is 0 Å². The lowest BCUT2D eigenvalue weighted by molar-refractivity contribution is 0.721. The standard InChI is InChI=1S/C142H88N2S4/c1-3-31-89(32-4-1)98-81-99(90-33-5-2-6-34-90)83-100(82-98)92-63-68-102(69-64-92)144(105-72-76-113-109-41-9-13-45-117(109)141(129(113)87-105)123-51-19-26-58-135(123)147-136-59-27-20-52-124(136)141)106-73-77-114-110-42-10-14-46-118(110)142(130(114)88-106)125-53-21-28-60-137(125)148-138-84-97(65-78-126(138)142)96-38-30-37-95(80-96)94-36-29-35-93(79-94)91-61-66-101(67-62-91)143(103-70-74-111-107-39-7-11-43-115(107)139(127(111)85-103)119-47-15-22-54-131(119)145-132-55-23-16-48-120(132)139)104-71-75-112-108-40-8-12-44-116(108)140(128(112)86-104)121-49-17-24-56-133(121)146-134-57-25-18-50-122(134)140/h1-88H. The minimum absolute atomic E-state index is 0.574. The molecule has 4 aliphatic carbocycles. The van der Waals surface area contributed by atoms with Crippen LogP contribution in [-0.4, -0.2) is 0 Å². The minimum atomic E-state index is -0.705. The molecule has 4 heterocycles. The third-order valence-electron chi connectivity index (χ3n) is 32.9. The van der Waals surface area contributed by atoms with Crippen LogP contribution in [0.25, 0.3) is 111 Å². The van der Waals surface area contributed by atoms with Crippen molar-refractivity contribution in [3.63, 3.8) is 0 Å². The highest BCUT2D eigenvalue weighted by Crippen LogP contribution is 2.70. The highest BCUT2D eigenvalue weighted by atomic mass is 32.2. The summed E-state index contributed by atoms with van der Waals surface area (Å²) < 4.78 is 0. The van der Waals surface area contributed by atoms with Crippen LogP contribution in [0.2, 0.25) is 0 Å². The van der Waals surface area contributed by atoms with E-state index in [4.69, 9.17) is 0 Å². The minimum Gasteiger partial charge on any atom is -0.310 e. The Morgan fingerprint density at radius 3 is 0.588 bits per heavy atom. The van der Waals surface area contributed by atoms with Gasteiger partial charge in [0.2, 0.25) is 0 Å². The Labute approximate surface area is 878 Å². The van der Waals surface area contributed by atoms with E-state index in [2.05, 4.69) is 544 Å². The molecule has 8 aliphatic rings. The molecule has 1 atom stereocenters. The average Bonchev–Trinajstić information content (AvgIpc) is 1.52. The van der Waals surface area contributed by atoms with Crippen molar-refractivity contribution in [3.05, 3.63) is 623 Å². The Morgan fingerprint density at radius 1 is 0.108 bits per heavy atom. The summed E-state index contributed by atoms with van der Waals surface area (Å²) in [5.74, 6) is 0. The van der Waals surface area contributed by atoms with Crippen LogP contribution >= 0.6 is 47.0 Å². The zero-order valence-corrected chi connectivity index (χ0v) is 83.6. The lowest BCUT2D eigenvalue weighted by atomic mass is 9.67. The molecule has 2 nitrogen and oxygen atoms in total. The number of fused-ring (bicyclic) bond motifs is 36. The van der Waals surface area contributed by atoms with E-state index in [1.807, 2.05) is 47.0 Å². The van der Waals surface area contributed by atoms with E-state index in [0.717, 1.165) is 73.1 Å². The topological polar surface area (TPSA) is 6.48 Å². The maximum atomic E-state index is 2.57. The van der Waals surface area contributed by atoms with Gasteiger partial charge in [-0.15, -0.1) is 0 Å². The van der Waals surface area contributed by atoms with E-state index in [1.54, 1.807) is 0 Å². The van der Waals surface area contributed by atoms with Gasteiger partial charge in [-0.2, -0.15) is 0 Å². The quantitative estimate of drug-likeness (QED) is 0.119. The molecule has 1 unspecified atom stereocenters. The average molecular weight is 1950 g/mol. The van der Waals surface area contributed by atoms with E-state index >= 15 is 0 Å². The second kappa shape index (κ2) is 33.3. The molecule has 0 bridgehead atoms. The van der Waals surface area contributed by atoms with Gasteiger partial charge < -0.3 is 9.80 Å². The van der Waals surface area contributed by atoms with Crippen molar-refractivity contribution in [2.45, 2.75) is 60.8 Å². The van der Waals surface area contributed by atoms with Crippen LogP contribution in [0.15, 0.2) is 573 Å². The van der Waals surface area contributed by atoms with Gasteiger partial charge in [0, 0.05) is 73.3 Å². The molecule has 148 heavy (non-hydrogen) atoms. The predicted octanol–water partition coefficient (Wildman–Crippen LogP) is 37.9. The molecule has 0 amide bonds. The molecule has 0 fully saturated rings. The molecule has 4 spiro atoms. The fourth-order valence-electron chi connectivity index (χ4n) is 26.8. The number of hydrogen-bond donors (Lipinski definition) is 0.